The van der Waals surface area contributed by atoms with Gasteiger partial charge in [-0.1, -0.05) is 6.07 Å². The molecule has 0 saturated carbocycles. The van der Waals surface area contributed by atoms with Gasteiger partial charge >= 0.3 is 12.2 Å². The quantitative estimate of drug-likeness (QED) is 0.0746. The number of carbonyl (C=O) groups is 3. The fourth-order valence-corrected chi connectivity index (χ4v) is 10.7. The third kappa shape index (κ3) is 11.5. The lowest BCUT2D eigenvalue weighted by Crippen LogP contribution is -2.22. The van der Waals surface area contributed by atoms with Gasteiger partial charge in [0.1, 0.15) is 19.6 Å². The first kappa shape index (κ1) is 52.7. The maximum absolute atomic E-state index is 14.1. The lowest BCUT2D eigenvalue weighted by atomic mass is 10.0. The van der Waals surface area contributed by atoms with Crippen LogP contribution in [0.1, 0.15) is 26.3 Å². The van der Waals surface area contributed by atoms with Crippen molar-refractivity contribution in [1.29, 1.82) is 0 Å². The maximum Gasteiger partial charge on any atom is 0.416 e. The first-order valence-electron chi connectivity index (χ1n) is 17.9. The largest absolute Gasteiger partial charge is 0.416 e. The second-order valence-electron chi connectivity index (χ2n) is 14.1. The maximum atomic E-state index is 14.1. The third-order valence-electron chi connectivity index (χ3n) is 9.39. The topological polar surface area (TPSA) is 426 Å². The van der Waals surface area contributed by atoms with Gasteiger partial charge in [-0.25, -0.2) is 4.79 Å². The summed E-state index contributed by atoms with van der Waals surface area (Å²) in [6.07, 6.45) is -4.88. The van der Waals surface area contributed by atoms with Gasteiger partial charge in [0.15, 0.2) is 0 Å². The molecule has 6 rings (SSSR count). The zero-order valence-corrected chi connectivity index (χ0v) is 38.4. The van der Waals surface area contributed by atoms with E-state index in [1.165, 1.54) is 0 Å². The number of halogens is 3. The average Bonchev–Trinajstić information content (AvgIpc) is 3.20. The lowest BCUT2D eigenvalue weighted by molar-refractivity contribution is -0.137. The zero-order valence-electron chi connectivity index (χ0n) is 33.6. The molecule has 0 aliphatic carbocycles. The van der Waals surface area contributed by atoms with Crippen molar-refractivity contribution in [2.45, 2.75) is 35.5 Å². The molecule has 372 valence electrons. The summed E-state index contributed by atoms with van der Waals surface area (Å²) in [6, 6.07) is 7.06. The molecular weight excluding hydrogens is 1070 g/mol. The molecular formula is C36H25F3N4O21S6. The number of alkyl halides is 3. The van der Waals surface area contributed by atoms with Crippen LogP contribution in [0.2, 0.25) is 0 Å². The molecule has 0 unspecified atom stereocenters. The van der Waals surface area contributed by atoms with Gasteiger partial charge in [-0.15, -0.1) is 0 Å². The Kier molecular flexibility index (Phi) is 13.5. The molecule has 0 atom stereocenters. The molecule has 6 aromatic carbocycles. The number of urea groups is 1. The highest BCUT2D eigenvalue weighted by Crippen LogP contribution is 2.39. The van der Waals surface area contributed by atoms with E-state index in [9.17, 15) is 105 Å². The van der Waals surface area contributed by atoms with Crippen LogP contribution >= 0.6 is 0 Å². The van der Waals surface area contributed by atoms with Crippen LogP contribution in [0.25, 0.3) is 21.5 Å². The highest BCUT2D eigenvalue weighted by molar-refractivity contribution is 7.88. The molecule has 34 heteroatoms. The van der Waals surface area contributed by atoms with E-state index in [4.69, 9.17) is 0 Å². The predicted molar refractivity (Wildman–Crippen MR) is 233 cm³/mol. The molecule has 0 heterocycles. The van der Waals surface area contributed by atoms with Crippen LogP contribution in [0.5, 0.6) is 0 Å². The number of hydrogen-bond donors (Lipinski definition) is 10. The van der Waals surface area contributed by atoms with Crippen molar-refractivity contribution in [3.05, 3.63) is 108 Å². The van der Waals surface area contributed by atoms with Crippen molar-refractivity contribution in [2.75, 3.05) is 21.3 Å². The minimum Gasteiger partial charge on any atom is -0.321 e. The third-order valence-corrected chi connectivity index (χ3v) is 14.6. The number of hydrogen-bond acceptors (Lipinski definition) is 15. The van der Waals surface area contributed by atoms with E-state index in [-0.39, 0.29) is 12.1 Å². The molecule has 0 aliphatic rings. The summed E-state index contributed by atoms with van der Waals surface area (Å²) < 4.78 is 247. The van der Waals surface area contributed by atoms with Crippen LogP contribution < -0.4 is 21.3 Å². The molecule has 6 aromatic rings. The van der Waals surface area contributed by atoms with E-state index in [0.29, 0.717) is 54.6 Å². The van der Waals surface area contributed by atoms with Crippen molar-refractivity contribution in [3.8, 4) is 0 Å². The van der Waals surface area contributed by atoms with Gasteiger partial charge in [0.25, 0.3) is 72.5 Å². The Labute approximate surface area is 390 Å². The fourth-order valence-electron chi connectivity index (χ4n) is 6.57. The number of carbonyl (C=O) groups excluding carboxylic acids is 3. The molecule has 0 saturated heterocycles. The van der Waals surface area contributed by atoms with E-state index < -0.39 is 175 Å². The van der Waals surface area contributed by atoms with Crippen LogP contribution in [0.15, 0.2) is 120 Å². The lowest BCUT2D eigenvalue weighted by Gasteiger charge is -2.17. The standard InChI is InChI=1S/C36H25F3N4O21S6/c37-36(38,39)18-2-1-3-19(11-18)40-35(46)41-20-9-16(33(44)42-25-4-6-27(67(53,54)55)23-12-21(65(47,48)49)14-29(31(23)25)69(59,60)61)8-17(10-20)34(45)43-26-5-7-28(68(56,57)58)24-13-22(66(50,51)52)15-30(32(24)26)70(62,63)64/h1-15H,(H,42,44)(H,43,45)(H2,40,41,46)(H,47,48,49)(H,50,51,52)(H,53,54,55)(H,56,57,58)(H,59,60,61)(H,62,63,64). The SMILES string of the molecule is O=C(Nc1cc(C(=O)Nc2ccc(S(=O)(=O)O)c3cc(S(=O)(=O)O)cc(S(=O)(=O)O)c23)cc(C(=O)Nc2ccc(S(=O)(=O)O)c3cc(S(=O)(=O)O)cc(S(=O)(=O)O)c23)c1)Nc1cccc(C(F)(F)F)c1. The molecule has 0 bridgehead atoms. The van der Waals surface area contributed by atoms with E-state index in [1.54, 1.807) is 0 Å². The smallest absolute Gasteiger partial charge is 0.321 e. The van der Waals surface area contributed by atoms with Gasteiger partial charge in [0, 0.05) is 44.0 Å². The van der Waals surface area contributed by atoms with Crippen LogP contribution in [-0.4, -0.2) is 95.7 Å². The second kappa shape index (κ2) is 17.9. The summed E-state index contributed by atoms with van der Waals surface area (Å²) in [5.74, 6) is -2.96. The Bertz CT molecular complexity index is 3780. The highest BCUT2D eigenvalue weighted by atomic mass is 32.2. The van der Waals surface area contributed by atoms with E-state index in [2.05, 4.69) is 21.3 Å². The number of benzene rings is 6. The van der Waals surface area contributed by atoms with Gasteiger partial charge < -0.3 is 21.3 Å². The van der Waals surface area contributed by atoms with Crippen LogP contribution in [0, 0.1) is 0 Å². The summed E-state index contributed by atoms with van der Waals surface area (Å²) in [6.45, 7) is 0. The van der Waals surface area contributed by atoms with E-state index in [1.807, 2.05) is 0 Å². The number of rotatable bonds is 12. The predicted octanol–water partition coefficient (Wildman–Crippen LogP) is 4.64. The number of nitrogens with one attached hydrogen (secondary N) is 4. The van der Waals surface area contributed by atoms with Gasteiger partial charge in [-0.3, -0.25) is 36.9 Å². The molecule has 0 aliphatic heterocycles. The molecule has 10 N–H and O–H groups in total. The van der Waals surface area contributed by atoms with Crippen LogP contribution in [-0.2, 0) is 66.9 Å². The molecule has 0 fully saturated rings. The molecule has 4 amide bonds. The Morgan fingerprint density at radius 1 is 0.414 bits per heavy atom. The van der Waals surface area contributed by atoms with Gasteiger partial charge in [-0.2, -0.15) is 63.7 Å². The molecule has 0 spiro atoms. The highest BCUT2D eigenvalue weighted by Gasteiger charge is 2.32. The first-order valence-corrected chi connectivity index (χ1v) is 26.6. The van der Waals surface area contributed by atoms with Crippen molar-refractivity contribution < 1.29 is 105 Å². The molecule has 70 heavy (non-hydrogen) atoms. The number of anilines is 4. The molecule has 0 radical (unpaired) electrons. The molecule has 25 nitrogen and oxygen atoms in total. The number of fused-ring (bicyclic) bond motifs is 2. The Hall–Kier alpha value is -6.70. The summed E-state index contributed by atoms with van der Waals surface area (Å²) in [5.41, 5.74) is -5.51. The average molecular weight is 1100 g/mol. The summed E-state index contributed by atoms with van der Waals surface area (Å²) in [5, 5.41) is 4.16. The van der Waals surface area contributed by atoms with Crippen LogP contribution in [0.4, 0.5) is 40.7 Å². The first-order chi connectivity index (χ1) is 31.8. The minimum atomic E-state index is -5.67. The monoisotopic (exact) mass is 1100 g/mol. The van der Waals surface area contributed by atoms with E-state index in [0.717, 1.165) is 24.3 Å². The van der Waals surface area contributed by atoms with Crippen molar-refractivity contribution >= 4 is 123 Å². The Balaban J connectivity index is 1.54. The number of amides is 4. The zero-order chi connectivity index (χ0) is 52.5. The fraction of sp³-hybridized carbons (Fsp3) is 0.0278. The van der Waals surface area contributed by atoms with E-state index >= 15 is 0 Å². The Morgan fingerprint density at radius 3 is 1.16 bits per heavy atom. The summed E-state index contributed by atoms with van der Waals surface area (Å²) in [4.78, 5) is 33.1. The van der Waals surface area contributed by atoms with Crippen molar-refractivity contribution in [2.24, 2.45) is 0 Å². The van der Waals surface area contributed by atoms with Gasteiger partial charge in [-0.05, 0) is 84.9 Å². The summed E-state index contributed by atoms with van der Waals surface area (Å²) in [7, 11) is -33.0. The Morgan fingerprint density at radius 2 is 0.800 bits per heavy atom. The van der Waals surface area contributed by atoms with Crippen molar-refractivity contribution in [3.63, 3.8) is 0 Å². The van der Waals surface area contributed by atoms with Crippen LogP contribution in [0.3, 0.4) is 0 Å². The van der Waals surface area contributed by atoms with Gasteiger partial charge in [0.2, 0.25) is 0 Å². The molecule has 0 aromatic heterocycles. The van der Waals surface area contributed by atoms with Crippen molar-refractivity contribution in [1.82, 2.24) is 0 Å². The normalized spacial score (nSPS) is 12.9. The minimum absolute atomic E-state index is 0.135. The second-order valence-corrected chi connectivity index (χ2v) is 22.5. The van der Waals surface area contributed by atoms with Gasteiger partial charge in [0.05, 0.1) is 26.7 Å². The summed E-state index contributed by atoms with van der Waals surface area (Å²) >= 11 is 0.